The lowest BCUT2D eigenvalue weighted by molar-refractivity contribution is 0.175. The second kappa shape index (κ2) is 6.75. The summed E-state index contributed by atoms with van der Waals surface area (Å²) in [7, 11) is 1.64. The van der Waals surface area contributed by atoms with Crippen molar-refractivity contribution in [3.63, 3.8) is 0 Å². The molecule has 0 aliphatic heterocycles. The highest BCUT2D eigenvalue weighted by molar-refractivity contribution is 7.99. The summed E-state index contributed by atoms with van der Waals surface area (Å²) in [5.41, 5.74) is 0.965. The predicted octanol–water partition coefficient (Wildman–Crippen LogP) is 2.87. The summed E-state index contributed by atoms with van der Waals surface area (Å²) in [5, 5.41) is 9.86. The first-order chi connectivity index (χ1) is 7.27. The smallest absolute Gasteiger partial charge is 0.118 e. The van der Waals surface area contributed by atoms with Gasteiger partial charge in [-0.15, -0.1) is 0 Å². The van der Waals surface area contributed by atoms with Gasteiger partial charge in [-0.1, -0.05) is 19.1 Å². The second-order valence-corrected chi connectivity index (χ2v) is 4.67. The molecule has 0 heterocycles. The van der Waals surface area contributed by atoms with Crippen LogP contribution in [0.25, 0.3) is 0 Å². The highest BCUT2D eigenvalue weighted by atomic mass is 32.2. The van der Waals surface area contributed by atoms with E-state index in [2.05, 4.69) is 6.92 Å². The molecule has 2 nitrogen and oxygen atoms in total. The van der Waals surface area contributed by atoms with Crippen molar-refractivity contribution >= 4 is 11.8 Å². The van der Waals surface area contributed by atoms with E-state index in [1.54, 1.807) is 7.11 Å². The number of benzene rings is 1. The topological polar surface area (TPSA) is 29.5 Å². The summed E-state index contributed by atoms with van der Waals surface area (Å²) >= 11 is 1.85. The van der Waals surface area contributed by atoms with Crippen LogP contribution in [0.4, 0.5) is 0 Å². The molecule has 84 valence electrons. The minimum atomic E-state index is -0.352. The molecule has 0 radical (unpaired) electrons. The molecule has 1 aromatic carbocycles. The largest absolute Gasteiger partial charge is 0.497 e. The van der Waals surface area contributed by atoms with Gasteiger partial charge in [-0.2, -0.15) is 11.8 Å². The molecule has 0 saturated heterocycles. The van der Waals surface area contributed by atoms with Crippen LogP contribution in [0.15, 0.2) is 24.3 Å². The van der Waals surface area contributed by atoms with E-state index in [0.29, 0.717) is 0 Å². The maximum absolute atomic E-state index is 9.86. The lowest BCUT2D eigenvalue weighted by Crippen LogP contribution is -1.99. The fourth-order valence-electron chi connectivity index (χ4n) is 1.33. The summed E-state index contributed by atoms with van der Waals surface area (Å²) in [5.74, 6) is 2.94. The van der Waals surface area contributed by atoms with Crippen LogP contribution in [0.2, 0.25) is 0 Å². The summed E-state index contributed by atoms with van der Waals surface area (Å²) in [6.45, 7) is 2.13. The van der Waals surface area contributed by atoms with Gasteiger partial charge in [0.1, 0.15) is 5.75 Å². The molecule has 0 amide bonds. The zero-order valence-electron chi connectivity index (χ0n) is 9.27. The molecule has 0 fully saturated rings. The van der Waals surface area contributed by atoms with E-state index in [1.165, 1.54) is 0 Å². The zero-order valence-corrected chi connectivity index (χ0v) is 10.1. The van der Waals surface area contributed by atoms with Crippen molar-refractivity contribution in [1.82, 2.24) is 0 Å². The van der Waals surface area contributed by atoms with E-state index in [1.807, 2.05) is 36.0 Å². The Kier molecular flexibility index (Phi) is 5.58. The summed E-state index contributed by atoms with van der Waals surface area (Å²) in [4.78, 5) is 0. The maximum atomic E-state index is 9.86. The van der Waals surface area contributed by atoms with Gasteiger partial charge in [0.15, 0.2) is 0 Å². The second-order valence-electron chi connectivity index (χ2n) is 3.27. The Morgan fingerprint density at radius 2 is 2.00 bits per heavy atom. The molecule has 1 atom stereocenters. The van der Waals surface area contributed by atoms with Crippen LogP contribution in [0.1, 0.15) is 25.0 Å². The van der Waals surface area contributed by atoms with Crippen molar-refractivity contribution in [3.8, 4) is 5.75 Å². The van der Waals surface area contributed by atoms with Gasteiger partial charge < -0.3 is 9.84 Å². The van der Waals surface area contributed by atoms with Crippen molar-refractivity contribution < 1.29 is 9.84 Å². The third-order valence-electron chi connectivity index (χ3n) is 2.24. The van der Waals surface area contributed by atoms with Crippen molar-refractivity contribution in [2.45, 2.75) is 19.4 Å². The highest BCUT2D eigenvalue weighted by Gasteiger charge is 2.06. The van der Waals surface area contributed by atoms with E-state index in [4.69, 9.17) is 4.74 Å². The van der Waals surface area contributed by atoms with Gasteiger partial charge in [0.2, 0.25) is 0 Å². The first-order valence-electron chi connectivity index (χ1n) is 5.17. The number of thioether (sulfide) groups is 1. The highest BCUT2D eigenvalue weighted by Crippen LogP contribution is 2.21. The average Bonchev–Trinajstić information content (AvgIpc) is 2.29. The summed E-state index contributed by atoms with van der Waals surface area (Å²) in [6, 6.07) is 7.59. The number of rotatable bonds is 6. The van der Waals surface area contributed by atoms with E-state index in [9.17, 15) is 5.11 Å². The summed E-state index contributed by atoms with van der Waals surface area (Å²) < 4.78 is 5.06. The fraction of sp³-hybridized carbons (Fsp3) is 0.500. The van der Waals surface area contributed by atoms with Crippen molar-refractivity contribution in [3.05, 3.63) is 29.8 Å². The first-order valence-corrected chi connectivity index (χ1v) is 6.33. The van der Waals surface area contributed by atoms with Crippen LogP contribution in [0, 0.1) is 0 Å². The lowest BCUT2D eigenvalue weighted by atomic mass is 10.1. The number of hydrogen-bond donors (Lipinski definition) is 1. The van der Waals surface area contributed by atoms with Crippen LogP contribution >= 0.6 is 11.8 Å². The van der Waals surface area contributed by atoms with Gasteiger partial charge in [-0.05, 0) is 35.6 Å². The molecule has 1 unspecified atom stereocenters. The molecule has 0 saturated carbocycles. The van der Waals surface area contributed by atoms with E-state index < -0.39 is 0 Å². The van der Waals surface area contributed by atoms with Crippen LogP contribution < -0.4 is 4.74 Å². The van der Waals surface area contributed by atoms with Crippen LogP contribution in [0.3, 0.4) is 0 Å². The van der Waals surface area contributed by atoms with Gasteiger partial charge in [0, 0.05) is 0 Å². The number of ether oxygens (including phenoxy) is 1. The Labute approximate surface area is 95.7 Å². The van der Waals surface area contributed by atoms with Gasteiger partial charge >= 0.3 is 0 Å². The zero-order chi connectivity index (χ0) is 11.1. The molecule has 1 N–H and O–H groups in total. The van der Waals surface area contributed by atoms with Crippen LogP contribution in [-0.2, 0) is 0 Å². The van der Waals surface area contributed by atoms with Crippen molar-refractivity contribution in [1.29, 1.82) is 0 Å². The monoisotopic (exact) mass is 226 g/mol. The molecule has 0 aromatic heterocycles. The molecule has 1 rings (SSSR count). The summed E-state index contributed by atoms with van der Waals surface area (Å²) in [6.07, 6.45) is 0.458. The third-order valence-corrected chi connectivity index (χ3v) is 3.17. The quantitative estimate of drug-likeness (QED) is 0.756. The molecule has 0 aliphatic rings. The first kappa shape index (κ1) is 12.4. The fourth-order valence-corrected chi connectivity index (χ4v) is 2.01. The molecular formula is C12H18O2S. The Hall–Kier alpha value is -0.670. The standard InChI is InChI=1S/C12H18O2S/c1-3-15-9-8-12(13)10-4-6-11(14-2)7-5-10/h4-7,12-13H,3,8-9H2,1-2H3. The predicted molar refractivity (Wildman–Crippen MR) is 65.6 cm³/mol. The Morgan fingerprint density at radius 1 is 1.33 bits per heavy atom. The van der Waals surface area contributed by atoms with Crippen LogP contribution in [-0.4, -0.2) is 23.7 Å². The van der Waals surface area contributed by atoms with Gasteiger partial charge in [0.25, 0.3) is 0 Å². The number of hydrogen-bond acceptors (Lipinski definition) is 3. The minimum Gasteiger partial charge on any atom is -0.497 e. The number of aliphatic hydroxyl groups is 1. The van der Waals surface area contributed by atoms with Gasteiger partial charge in [-0.25, -0.2) is 0 Å². The van der Waals surface area contributed by atoms with E-state index in [0.717, 1.165) is 29.2 Å². The average molecular weight is 226 g/mol. The van der Waals surface area contributed by atoms with Crippen LogP contribution in [0.5, 0.6) is 5.75 Å². The molecule has 1 aromatic rings. The number of methoxy groups -OCH3 is 1. The normalized spacial score (nSPS) is 12.5. The molecule has 0 bridgehead atoms. The van der Waals surface area contributed by atoms with Crippen molar-refractivity contribution in [2.75, 3.05) is 18.6 Å². The Morgan fingerprint density at radius 3 is 2.53 bits per heavy atom. The molecular weight excluding hydrogens is 208 g/mol. The molecule has 0 aliphatic carbocycles. The molecule has 0 spiro atoms. The minimum absolute atomic E-state index is 0.352. The lowest BCUT2D eigenvalue weighted by Gasteiger charge is -2.10. The molecule has 15 heavy (non-hydrogen) atoms. The third kappa shape index (κ3) is 4.14. The number of aliphatic hydroxyl groups excluding tert-OH is 1. The SMILES string of the molecule is CCSCCC(O)c1ccc(OC)cc1. The Bertz CT molecular complexity index is 271. The van der Waals surface area contributed by atoms with E-state index >= 15 is 0 Å². The van der Waals surface area contributed by atoms with Crippen molar-refractivity contribution in [2.24, 2.45) is 0 Å². The van der Waals surface area contributed by atoms with Gasteiger partial charge in [-0.3, -0.25) is 0 Å². The van der Waals surface area contributed by atoms with E-state index in [-0.39, 0.29) is 6.10 Å². The Balaban J connectivity index is 2.46. The molecule has 3 heteroatoms. The van der Waals surface area contributed by atoms with Gasteiger partial charge in [0.05, 0.1) is 13.2 Å². The maximum Gasteiger partial charge on any atom is 0.118 e.